The lowest BCUT2D eigenvalue weighted by Gasteiger charge is -2.17. The topological polar surface area (TPSA) is 64.2 Å². The van der Waals surface area contributed by atoms with E-state index in [-0.39, 0.29) is 5.91 Å². The molecule has 0 fully saturated rings. The smallest absolute Gasteiger partial charge is 0.257 e. The normalized spacial score (nSPS) is 10.6. The number of amides is 1. The first-order valence-corrected chi connectivity index (χ1v) is 6.55. The summed E-state index contributed by atoms with van der Waals surface area (Å²) in [6.07, 6.45) is 1.62. The second-order valence-electron chi connectivity index (χ2n) is 4.95. The van der Waals surface area contributed by atoms with Gasteiger partial charge in [0, 0.05) is 32.9 Å². The van der Waals surface area contributed by atoms with Crippen molar-refractivity contribution >= 4 is 5.91 Å². The second kappa shape index (κ2) is 5.88. The molecule has 20 heavy (non-hydrogen) atoms. The third-order valence-corrected chi connectivity index (χ3v) is 3.46. The van der Waals surface area contributed by atoms with Crippen LogP contribution in [0.5, 0.6) is 0 Å². The zero-order valence-corrected chi connectivity index (χ0v) is 12.1. The molecule has 1 amide bonds. The van der Waals surface area contributed by atoms with Crippen molar-refractivity contribution in [2.75, 3.05) is 7.05 Å². The van der Waals surface area contributed by atoms with Crippen molar-refractivity contribution in [1.82, 2.24) is 14.7 Å². The first-order valence-electron chi connectivity index (χ1n) is 6.55. The molecular formula is C15H20N4O. The molecule has 1 aromatic heterocycles. The monoisotopic (exact) mass is 272 g/mol. The highest BCUT2D eigenvalue weighted by atomic mass is 16.2. The molecular weight excluding hydrogens is 252 g/mol. The van der Waals surface area contributed by atoms with Gasteiger partial charge in [-0.25, -0.2) is 0 Å². The SMILES string of the molecule is Cc1c(C(=O)N(C)Cc2cccc(CN)c2)cnn1C. The van der Waals surface area contributed by atoms with Gasteiger partial charge in [0.25, 0.3) is 5.91 Å². The van der Waals surface area contributed by atoms with Gasteiger partial charge < -0.3 is 10.6 Å². The van der Waals surface area contributed by atoms with E-state index in [2.05, 4.69) is 5.10 Å². The Morgan fingerprint density at radius 3 is 2.70 bits per heavy atom. The summed E-state index contributed by atoms with van der Waals surface area (Å²) in [5.41, 5.74) is 9.29. The minimum absolute atomic E-state index is 0.0197. The minimum Gasteiger partial charge on any atom is -0.337 e. The molecule has 0 spiro atoms. The van der Waals surface area contributed by atoms with Crippen LogP contribution in [0.3, 0.4) is 0 Å². The number of aryl methyl sites for hydroxylation is 1. The van der Waals surface area contributed by atoms with Gasteiger partial charge in [-0.2, -0.15) is 5.10 Å². The summed E-state index contributed by atoms with van der Waals surface area (Å²) in [4.78, 5) is 14.1. The number of carbonyl (C=O) groups excluding carboxylic acids is 1. The summed E-state index contributed by atoms with van der Waals surface area (Å²) < 4.78 is 1.70. The van der Waals surface area contributed by atoms with Crippen LogP contribution >= 0.6 is 0 Å². The van der Waals surface area contributed by atoms with Crippen molar-refractivity contribution in [1.29, 1.82) is 0 Å². The van der Waals surface area contributed by atoms with Gasteiger partial charge in [-0.3, -0.25) is 9.48 Å². The summed E-state index contributed by atoms with van der Waals surface area (Å²) in [6, 6.07) is 7.97. The molecule has 5 heteroatoms. The molecule has 0 bridgehead atoms. The van der Waals surface area contributed by atoms with Crippen molar-refractivity contribution < 1.29 is 4.79 Å². The Morgan fingerprint density at radius 1 is 1.40 bits per heavy atom. The molecule has 0 unspecified atom stereocenters. The molecule has 1 aromatic carbocycles. The molecule has 106 valence electrons. The number of rotatable bonds is 4. The molecule has 0 saturated carbocycles. The zero-order valence-electron chi connectivity index (χ0n) is 12.1. The second-order valence-corrected chi connectivity index (χ2v) is 4.95. The molecule has 0 aliphatic carbocycles. The van der Waals surface area contributed by atoms with Gasteiger partial charge in [0.05, 0.1) is 11.8 Å². The quantitative estimate of drug-likeness (QED) is 0.916. The van der Waals surface area contributed by atoms with Crippen molar-refractivity contribution in [3.63, 3.8) is 0 Å². The molecule has 0 radical (unpaired) electrons. The maximum absolute atomic E-state index is 12.4. The van der Waals surface area contributed by atoms with Crippen LogP contribution in [0.2, 0.25) is 0 Å². The van der Waals surface area contributed by atoms with E-state index in [1.807, 2.05) is 38.2 Å². The molecule has 1 heterocycles. The number of carbonyl (C=O) groups is 1. The minimum atomic E-state index is -0.0197. The Hall–Kier alpha value is -2.14. The lowest BCUT2D eigenvalue weighted by Crippen LogP contribution is -2.26. The molecule has 0 aliphatic heterocycles. The van der Waals surface area contributed by atoms with Crippen LogP contribution in [0, 0.1) is 6.92 Å². The Kier molecular flexibility index (Phi) is 4.20. The first-order chi connectivity index (χ1) is 9.52. The largest absolute Gasteiger partial charge is 0.337 e. The van der Waals surface area contributed by atoms with E-state index in [1.165, 1.54) is 0 Å². The molecule has 0 saturated heterocycles. The van der Waals surface area contributed by atoms with Gasteiger partial charge in [-0.1, -0.05) is 24.3 Å². The third kappa shape index (κ3) is 2.88. The maximum Gasteiger partial charge on any atom is 0.257 e. The van der Waals surface area contributed by atoms with E-state index in [9.17, 15) is 4.79 Å². The number of nitrogens with zero attached hydrogens (tertiary/aromatic N) is 3. The van der Waals surface area contributed by atoms with Gasteiger partial charge in [0.2, 0.25) is 0 Å². The average Bonchev–Trinajstić information content (AvgIpc) is 2.78. The Labute approximate surface area is 119 Å². The van der Waals surface area contributed by atoms with Crippen LogP contribution in [0.1, 0.15) is 27.2 Å². The first kappa shape index (κ1) is 14.3. The molecule has 2 rings (SSSR count). The van der Waals surface area contributed by atoms with E-state index in [4.69, 9.17) is 5.73 Å². The van der Waals surface area contributed by atoms with Crippen LogP contribution < -0.4 is 5.73 Å². The van der Waals surface area contributed by atoms with E-state index in [0.29, 0.717) is 18.7 Å². The van der Waals surface area contributed by atoms with Crippen molar-refractivity contribution in [3.8, 4) is 0 Å². The van der Waals surface area contributed by atoms with Crippen molar-refractivity contribution in [2.24, 2.45) is 12.8 Å². The fraction of sp³-hybridized carbons (Fsp3) is 0.333. The Balaban J connectivity index is 2.13. The molecule has 0 aliphatic rings. The predicted molar refractivity (Wildman–Crippen MR) is 78.1 cm³/mol. The summed E-state index contributed by atoms with van der Waals surface area (Å²) in [7, 11) is 3.63. The summed E-state index contributed by atoms with van der Waals surface area (Å²) in [5, 5.41) is 4.11. The van der Waals surface area contributed by atoms with Gasteiger partial charge in [-0.15, -0.1) is 0 Å². The summed E-state index contributed by atoms with van der Waals surface area (Å²) in [5.74, 6) is -0.0197. The standard InChI is InChI=1S/C15H20N4O/c1-11-14(9-17-19(11)3)15(20)18(2)10-13-6-4-5-12(7-13)8-16/h4-7,9H,8,10,16H2,1-3H3. The van der Waals surface area contributed by atoms with E-state index in [0.717, 1.165) is 16.8 Å². The Morgan fingerprint density at radius 2 is 2.10 bits per heavy atom. The summed E-state index contributed by atoms with van der Waals surface area (Å²) >= 11 is 0. The van der Waals surface area contributed by atoms with Crippen molar-refractivity contribution in [2.45, 2.75) is 20.0 Å². The fourth-order valence-electron chi connectivity index (χ4n) is 2.11. The summed E-state index contributed by atoms with van der Waals surface area (Å²) in [6.45, 7) is 2.96. The highest BCUT2D eigenvalue weighted by Crippen LogP contribution is 2.12. The highest BCUT2D eigenvalue weighted by Gasteiger charge is 2.17. The predicted octanol–water partition coefficient (Wildman–Crippen LogP) is 1.46. The number of benzene rings is 1. The highest BCUT2D eigenvalue weighted by molar-refractivity contribution is 5.94. The Bertz CT molecular complexity index is 618. The number of hydrogen-bond donors (Lipinski definition) is 1. The fourth-order valence-corrected chi connectivity index (χ4v) is 2.11. The van der Waals surface area contributed by atoms with Crippen LogP contribution in [0.25, 0.3) is 0 Å². The third-order valence-electron chi connectivity index (χ3n) is 3.46. The zero-order chi connectivity index (χ0) is 14.7. The molecule has 0 atom stereocenters. The number of nitrogens with two attached hydrogens (primary N) is 1. The molecule has 2 N–H and O–H groups in total. The number of hydrogen-bond acceptors (Lipinski definition) is 3. The van der Waals surface area contributed by atoms with Gasteiger partial charge >= 0.3 is 0 Å². The maximum atomic E-state index is 12.4. The lowest BCUT2D eigenvalue weighted by atomic mass is 10.1. The van der Waals surface area contributed by atoms with Crippen LogP contribution in [0.4, 0.5) is 0 Å². The van der Waals surface area contributed by atoms with E-state index < -0.39 is 0 Å². The van der Waals surface area contributed by atoms with Gasteiger partial charge in [-0.05, 0) is 18.1 Å². The van der Waals surface area contributed by atoms with Crippen LogP contribution in [-0.2, 0) is 20.1 Å². The lowest BCUT2D eigenvalue weighted by molar-refractivity contribution is 0.0784. The van der Waals surface area contributed by atoms with E-state index >= 15 is 0 Å². The van der Waals surface area contributed by atoms with Gasteiger partial charge in [0.15, 0.2) is 0 Å². The van der Waals surface area contributed by atoms with E-state index in [1.54, 1.807) is 22.8 Å². The van der Waals surface area contributed by atoms with Crippen molar-refractivity contribution in [3.05, 3.63) is 52.8 Å². The van der Waals surface area contributed by atoms with Crippen LogP contribution in [-0.4, -0.2) is 27.6 Å². The number of aromatic nitrogens is 2. The molecule has 5 nitrogen and oxygen atoms in total. The van der Waals surface area contributed by atoms with Crippen LogP contribution in [0.15, 0.2) is 30.5 Å². The molecule has 2 aromatic rings. The average molecular weight is 272 g/mol. The van der Waals surface area contributed by atoms with Gasteiger partial charge in [0.1, 0.15) is 0 Å².